The number of carbonyl (C=O) groups excluding carboxylic acids is 1. The van der Waals surface area contributed by atoms with Crippen molar-refractivity contribution in [2.24, 2.45) is 0 Å². The van der Waals surface area contributed by atoms with E-state index in [1.807, 2.05) is 18.2 Å². The number of benzene rings is 2. The number of hydrogen-bond acceptors (Lipinski definition) is 3. The molecule has 0 saturated heterocycles. The molecule has 0 aliphatic heterocycles. The Balaban J connectivity index is 2.28. The van der Waals surface area contributed by atoms with Crippen LogP contribution < -0.4 is 9.80 Å². The molecule has 1 amide bonds. The van der Waals surface area contributed by atoms with Gasteiger partial charge in [0.2, 0.25) is 0 Å². The van der Waals surface area contributed by atoms with E-state index in [0.717, 1.165) is 18.8 Å². The molecule has 0 radical (unpaired) electrons. The molecule has 5 nitrogen and oxygen atoms in total. The van der Waals surface area contributed by atoms with E-state index in [4.69, 9.17) is 5.11 Å². The fourth-order valence-corrected chi connectivity index (χ4v) is 2.58. The van der Waals surface area contributed by atoms with Crippen molar-refractivity contribution in [1.82, 2.24) is 0 Å². The molecule has 0 spiro atoms. The van der Waals surface area contributed by atoms with E-state index in [-0.39, 0.29) is 12.5 Å². The van der Waals surface area contributed by atoms with Gasteiger partial charge >= 0.3 is 5.97 Å². The summed E-state index contributed by atoms with van der Waals surface area (Å²) in [5.74, 6) is -1.37. The number of amides is 1. The van der Waals surface area contributed by atoms with E-state index in [1.165, 1.54) is 4.90 Å². The zero-order chi connectivity index (χ0) is 17.5. The fraction of sp³-hybridized carbons (Fsp3) is 0.263. The minimum atomic E-state index is -1.05. The normalized spacial score (nSPS) is 10.2. The smallest absolute Gasteiger partial charge is 0.323 e. The van der Waals surface area contributed by atoms with Gasteiger partial charge in [-0.1, -0.05) is 18.2 Å². The van der Waals surface area contributed by atoms with Gasteiger partial charge in [-0.15, -0.1) is 0 Å². The van der Waals surface area contributed by atoms with Crippen molar-refractivity contribution in [3.8, 4) is 0 Å². The van der Waals surface area contributed by atoms with E-state index >= 15 is 0 Å². The lowest BCUT2D eigenvalue weighted by molar-refractivity contribution is -0.135. The van der Waals surface area contributed by atoms with E-state index in [0.29, 0.717) is 11.3 Å². The van der Waals surface area contributed by atoms with Gasteiger partial charge in [0.15, 0.2) is 0 Å². The largest absolute Gasteiger partial charge is 0.480 e. The quantitative estimate of drug-likeness (QED) is 0.848. The van der Waals surface area contributed by atoms with Crippen LogP contribution in [0.2, 0.25) is 0 Å². The van der Waals surface area contributed by atoms with Crippen molar-refractivity contribution in [1.29, 1.82) is 0 Å². The first kappa shape index (κ1) is 17.5. The third kappa shape index (κ3) is 4.13. The molecule has 0 aromatic heterocycles. The lowest BCUT2D eigenvalue weighted by Crippen LogP contribution is -2.35. The molecule has 0 atom stereocenters. The molecule has 0 unspecified atom stereocenters. The van der Waals surface area contributed by atoms with Crippen molar-refractivity contribution < 1.29 is 14.7 Å². The fourth-order valence-electron chi connectivity index (χ4n) is 2.58. The molecule has 0 saturated carbocycles. The minimum Gasteiger partial charge on any atom is -0.480 e. The molecule has 2 rings (SSSR count). The van der Waals surface area contributed by atoms with Crippen LogP contribution in [0.3, 0.4) is 0 Å². The second-order valence-corrected chi connectivity index (χ2v) is 5.34. The lowest BCUT2D eigenvalue weighted by Gasteiger charge is -2.23. The van der Waals surface area contributed by atoms with Gasteiger partial charge in [-0.2, -0.15) is 0 Å². The Morgan fingerprint density at radius 2 is 1.46 bits per heavy atom. The second kappa shape index (κ2) is 8.15. The molecule has 0 aliphatic rings. The van der Waals surface area contributed by atoms with Crippen LogP contribution in [-0.2, 0) is 4.79 Å². The SMILES string of the molecule is CCN(CC)c1ccc(C(=O)N(CC(=O)O)c2ccccc2)cc1. The van der Waals surface area contributed by atoms with Crippen LogP contribution in [0.25, 0.3) is 0 Å². The van der Waals surface area contributed by atoms with Crippen LogP contribution in [0.1, 0.15) is 24.2 Å². The zero-order valence-electron chi connectivity index (χ0n) is 14.0. The Hall–Kier alpha value is -2.82. The van der Waals surface area contributed by atoms with Gasteiger partial charge < -0.3 is 10.0 Å². The molecule has 2 aromatic carbocycles. The highest BCUT2D eigenvalue weighted by Crippen LogP contribution is 2.19. The maximum Gasteiger partial charge on any atom is 0.323 e. The minimum absolute atomic E-state index is 0.324. The van der Waals surface area contributed by atoms with Crippen LogP contribution >= 0.6 is 0 Å². The summed E-state index contributed by atoms with van der Waals surface area (Å²) in [5, 5.41) is 9.12. The van der Waals surface area contributed by atoms with Gasteiger partial charge in [0.25, 0.3) is 5.91 Å². The first-order valence-corrected chi connectivity index (χ1v) is 8.00. The van der Waals surface area contributed by atoms with Gasteiger partial charge in [0.05, 0.1) is 0 Å². The summed E-state index contributed by atoms with van der Waals surface area (Å²) in [4.78, 5) is 27.3. The van der Waals surface area contributed by atoms with Crippen LogP contribution in [0.5, 0.6) is 0 Å². The highest BCUT2D eigenvalue weighted by Gasteiger charge is 2.20. The molecular formula is C19H22N2O3. The van der Waals surface area contributed by atoms with Crippen molar-refractivity contribution >= 4 is 23.3 Å². The van der Waals surface area contributed by atoms with Crippen molar-refractivity contribution in [3.63, 3.8) is 0 Å². The van der Waals surface area contributed by atoms with Crippen molar-refractivity contribution in [2.75, 3.05) is 29.4 Å². The van der Waals surface area contributed by atoms with Gasteiger partial charge in [0, 0.05) is 30.0 Å². The summed E-state index contributed by atoms with van der Waals surface area (Å²) in [5.41, 5.74) is 2.08. The molecule has 24 heavy (non-hydrogen) atoms. The summed E-state index contributed by atoms with van der Waals surface area (Å²) >= 11 is 0. The van der Waals surface area contributed by atoms with Crippen LogP contribution in [0, 0.1) is 0 Å². The molecule has 0 aliphatic carbocycles. The first-order valence-electron chi connectivity index (χ1n) is 8.00. The highest BCUT2D eigenvalue weighted by atomic mass is 16.4. The van der Waals surface area contributed by atoms with Crippen LogP contribution in [0.15, 0.2) is 54.6 Å². The number of anilines is 2. The van der Waals surface area contributed by atoms with Crippen LogP contribution in [-0.4, -0.2) is 36.6 Å². The third-order valence-corrected chi connectivity index (χ3v) is 3.85. The standard InChI is InChI=1S/C19H22N2O3/c1-3-20(4-2)16-12-10-15(11-13-16)19(24)21(14-18(22)23)17-8-6-5-7-9-17/h5-13H,3-4,14H2,1-2H3,(H,22,23). The number of para-hydroxylation sites is 1. The first-order chi connectivity index (χ1) is 11.6. The predicted octanol–water partition coefficient (Wildman–Crippen LogP) is 3.26. The predicted molar refractivity (Wildman–Crippen MR) is 95.8 cm³/mol. The molecule has 0 fully saturated rings. The molecule has 5 heteroatoms. The number of aliphatic carboxylic acids is 1. The van der Waals surface area contributed by atoms with E-state index in [9.17, 15) is 9.59 Å². The number of carboxylic acid groups (broad SMARTS) is 1. The number of carboxylic acids is 1. The lowest BCUT2D eigenvalue weighted by atomic mass is 10.1. The van der Waals surface area contributed by atoms with Gasteiger partial charge in [-0.05, 0) is 50.2 Å². The molecule has 126 valence electrons. The number of nitrogens with zero attached hydrogens (tertiary/aromatic N) is 2. The maximum atomic E-state index is 12.8. The Bertz CT molecular complexity index is 680. The summed E-state index contributed by atoms with van der Waals surface area (Å²) in [6, 6.07) is 16.1. The zero-order valence-corrected chi connectivity index (χ0v) is 14.0. The molecule has 1 N–H and O–H groups in total. The highest BCUT2D eigenvalue weighted by molar-refractivity contribution is 6.08. The van der Waals surface area contributed by atoms with Gasteiger partial charge in [-0.25, -0.2) is 0 Å². The second-order valence-electron chi connectivity index (χ2n) is 5.34. The maximum absolute atomic E-state index is 12.8. The number of rotatable bonds is 7. The van der Waals surface area contributed by atoms with E-state index in [1.54, 1.807) is 36.4 Å². The van der Waals surface area contributed by atoms with E-state index in [2.05, 4.69) is 18.7 Å². The third-order valence-electron chi connectivity index (χ3n) is 3.85. The van der Waals surface area contributed by atoms with Crippen molar-refractivity contribution in [2.45, 2.75) is 13.8 Å². The van der Waals surface area contributed by atoms with Gasteiger partial charge in [0.1, 0.15) is 6.54 Å². The van der Waals surface area contributed by atoms with Crippen molar-refractivity contribution in [3.05, 3.63) is 60.2 Å². The Morgan fingerprint density at radius 1 is 0.875 bits per heavy atom. The Labute approximate surface area is 142 Å². The Morgan fingerprint density at radius 3 is 1.96 bits per heavy atom. The monoisotopic (exact) mass is 326 g/mol. The molecule has 0 heterocycles. The molecule has 2 aromatic rings. The average Bonchev–Trinajstić information content (AvgIpc) is 2.61. The topological polar surface area (TPSA) is 60.9 Å². The number of hydrogen-bond donors (Lipinski definition) is 1. The van der Waals surface area contributed by atoms with E-state index < -0.39 is 5.97 Å². The summed E-state index contributed by atoms with van der Waals surface area (Å²) in [7, 11) is 0. The van der Waals surface area contributed by atoms with Gasteiger partial charge in [-0.3, -0.25) is 14.5 Å². The van der Waals surface area contributed by atoms with Crippen LogP contribution in [0.4, 0.5) is 11.4 Å². The molecular weight excluding hydrogens is 304 g/mol. The average molecular weight is 326 g/mol. The molecule has 0 bridgehead atoms. The summed E-state index contributed by atoms with van der Waals surface area (Å²) in [6.45, 7) is 5.55. The Kier molecular flexibility index (Phi) is 5.95. The summed E-state index contributed by atoms with van der Waals surface area (Å²) < 4.78 is 0. The summed E-state index contributed by atoms with van der Waals surface area (Å²) in [6.07, 6.45) is 0. The number of carbonyl (C=O) groups is 2.